The Morgan fingerprint density at radius 2 is 2.00 bits per heavy atom. The fourth-order valence-electron chi connectivity index (χ4n) is 3.21. The summed E-state index contributed by atoms with van der Waals surface area (Å²) in [5.41, 5.74) is 0.140. The highest BCUT2D eigenvalue weighted by molar-refractivity contribution is 5.83. The van der Waals surface area contributed by atoms with Crippen LogP contribution in [0, 0.1) is 11.2 Å². The highest BCUT2D eigenvalue weighted by Crippen LogP contribution is 2.30. The summed E-state index contributed by atoms with van der Waals surface area (Å²) in [6, 6.07) is 5.58. The second kappa shape index (κ2) is 8.55. The van der Waals surface area contributed by atoms with Crippen LogP contribution in [0.4, 0.5) is 4.39 Å². The van der Waals surface area contributed by atoms with Gasteiger partial charge in [0.05, 0.1) is 18.1 Å². The van der Waals surface area contributed by atoms with Gasteiger partial charge in [0, 0.05) is 13.2 Å². The standard InChI is InChI=1S/C18H27FN2O3/c1-13(11-16(22)14-3-5-15(19)6-4-14)21-17(23)18(12-24-2)7-9-20-10-8-18/h3-6,13,16,20,22H,7-12H2,1-2H3,(H,21,23). The predicted molar refractivity (Wildman–Crippen MR) is 90.0 cm³/mol. The number of carbonyl (C=O) groups is 1. The van der Waals surface area contributed by atoms with E-state index >= 15 is 0 Å². The quantitative estimate of drug-likeness (QED) is 0.709. The predicted octanol–water partition coefficient (Wildman–Crippen LogP) is 1.77. The lowest BCUT2D eigenvalue weighted by Crippen LogP contribution is -2.52. The number of benzene rings is 1. The van der Waals surface area contributed by atoms with Crippen molar-refractivity contribution in [2.75, 3.05) is 26.8 Å². The Morgan fingerprint density at radius 1 is 1.38 bits per heavy atom. The molecule has 1 fully saturated rings. The minimum absolute atomic E-state index is 0.0235. The lowest BCUT2D eigenvalue weighted by atomic mass is 9.78. The largest absolute Gasteiger partial charge is 0.388 e. The highest BCUT2D eigenvalue weighted by atomic mass is 19.1. The van der Waals surface area contributed by atoms with Gasteiger partial charge in [0.1, 0.15) is 5.82 Å². The monoisotopic (exact) mass is 338 g/mol. The Hall–Kier alpha value is -1.50. The van der Waals surface area contributed by atoms with E-state index in [0.717, 1.165) is 25.9 Å². The molecule has 2 rings (SSSR count). The molecule has 1 aromatic rings. The number of amides is 1. The van der Waals surface area contributed by atoms with E-state index in [9.17, 15) is 14.3 Å². The lowest BCUT2D eigenvalue weighted by Gasteiger charge is -2.36. The van der Waals surface area contributed by atoms with E-state index in [1.54, 1.807) is 19.2 Å². The topological polar surface area (TPSA) is 70.6 Å². The van der Waals surface area contributed by atoms with Gasteiger partial charge in [-0.15, -0.1) is 0 Å². The summed E-state index contributed by atoms with van der Waals surface area (Å²) in [6.07, 6.45) is 1.10. The summed E-state index contributed by atoms with van der Waals surface area (Å²) in [7, 11) is 1.61. The minimum Gasteiger partial charge on any atom is -0.388 e. The molecule has 0 bridgehead atoms. The number of hydrogen-bond donors (Lipinski definition) is 3. The summed E-state index contributed by atoms with van der Waals surface area (Å²) >= 11 is 0. The van der Waals surface area contributed by atoms with Crippen LogP contribution in [0.3, 0.4) is 0 Å². The molecule has 0 aromatic heterocycles. The fraction of sp³-hybridized carbons (Fsp3) is 0.611. The van der Waals surface area contributed by atoms with Gasteiger partial charge in [-0.05, 0) is 57.0 Å². The van der Waals surface area contributed by atoms with Crippen LogP contribution in [0.1, 0.15) is 37.9 Å². The average molecular weight is 338 g/mol. The van der Waals surface area contributed by atoms with Gasteiger partial charge in [0.15, 0.2) is 0 Å². The van der Waals surface area contributed by atoms with E-state index < -0.39 is 11.5 Å². The average Bonchev–Trinajstić information content (AvgIpc) is 2.56. The van der Waals surface area contributed by atoms with Crippen LogP contribution >= 0.6 is 0 Å². The van der Waals surface area contributed by atoms with Crippen LogP contribution in [-0.4, -0.2) is 43.9 Å². The van der Waals surface area contributed by atoms with Crippen molar-refractivity contribution in [1.29, 1.82) is 0 Å². The van der Waals surface area contributed by atoms with E-state index in [2.05, 4.69) is 10.6 Å². The van der Waals surface area contributed by atoms with Gasteiger partial charge >= 0.3 is 0 Å². The Balaban J connectivity index is 1.93. The Morgan fingerprint density at radius 3 is 2.58 bits per heavy atom. The van der Waals surface area contributed by atoms with Crippen molar-refractivity contribution >= 4 is 5.91 Å². The van der Waals surface area contributed by atoms with Gasteiger partial charge in [0.2, 0.25) is 5.91 Å². The molecule has 0 spiro atoms. The molecule has 2 unspecified atom stereocenters. The molecule has 1 aliphatic rings. The molecule has 1 saturated heterocycles. The number of rotatable bonds is 7. The number of ether oxygens (including phenoxy) is 1. The number of aliphatic hydroxyl groups excluding tert-OH is 1. The number of carbonyl (C=O) groups excluding carboxylic acids is 1. The second-order valence-corrected chi connectivity index (χ2v) is 6.64. The van der Waals surface area contributed by atoms with E-state index in [4.69, 9.17) is 4.74 Å². The van der Waals surface area contributed by atoms with Crippen LogP contribution in [0.2, 0.25) is 0 Å². The summed E-state index contributed by atoms with van der Waals surface area (Å²) < 4.78 is 18.2. The minimum atomic E-state index is -0.743. The molecule has 6 heteroatoms. The van der Waals surface area contributed by atoms with Crippen molar-refractivity contribution in [3.8, 4) is 0 Å². The summed E-state index contributed by atoms with van der Waals surface area (Å²) in [4.78, 5) is 12.7. The molecule has 24 heavy (non-hydrogen) atoms. The zero-order valence-electron chi connectivity index (χ0n) is 14.3. The highest BCUT2D eigenvalue weighted by Gasteiger charge is 2.40. The first-order chi connectivity index (χ1) is 11.5. The van der Waals surface area contributed by atoms with Crippen LogP contribution in [-0.2, 0) is 9.53 Å². The maximum absolute atomic E-state index is 12.9. The van der Waals surface area contributed by atoms with Crippen molar-refractivity contribution in [3.63, 3.8) is 0 Å². The number of piperidine rings is 1. The van der Waals surface area contributed by atoms with Gasteiger partial charge in [-0.3, -0.25) is 4.79 Å². The second-order valence-electron chi connectivity index (χ2n) is 6.64. The summed E-state index contributed by atoms with van der Waals surface area (Å²) in [5, 5.41) is 16.5. The number of aliphatic hydroxyl groups is 1. The van der Waals surface area contributed by atoms with Crippen LogP contribution in [0.15, 0.2) is 24.3 Å². The van der Waals surface area contributed by atoms with Crippen molar-refractivity contribution in [1.82, 2.24) is 10.6 Å². The van der Waals surface area contributed by atoms with Crippen LogP contribution < -0.4 is 10.6 Å². The molecule has 2 atom stereocenters. The molecule has 1 aliphatic heterocycles. The van der Waals surface area contributed by atoms with Crippen LogP contribution in [0.5, 0.6) is 0 Å². The maximum atomic E-state index is 12.9. The lowest BCUT2D eigenvalue weighted by molar-refractivity contribution is -0.137. The van der Waals surface area contributed by atoms with Gasteiger partial charge in [-0.1, -0.05) is 12.1 Å². The molecule has 134 valence electrons. The van der Waals surface area contributed by atoms with Gasteiger partial charge in [-0.2, -0.15) is 0 Å². The van der Waals surface area contributed by atoms with Gasteiger partial charge in [-0.25, -0.2) is 4.39 Å². The van der Waals surface area contributed by atoms with Crippen molar-refractivity contribution in [2.24, 2.45) is 5.41 Å². The first-order valence-corrected chi connectivity index (χ1v) is 8.41. The van der Waals surface area contributed by atoms with Crippen molar-refractivity contribution in [2.45, 2.75) is 38.3 Å². The normalized spacial score (nSPS) is 19.5. The number of hydrogen-bond acceptors (Lipinski definition) is 4. The molecule has 1 amide bonds. The maximum Gasteiger partial charge on any atom is 0.228 e. The van der Waals surface area contributed by atoms with Gasteiger partial charge in [0.25, 0.3) is 0 Å². The molecule has 1 aromatic carbocycles. The molecule has 0 aliphatic carbocycles. The SMILES string of the molecule is COCC1(C(=O)NC(C)CC(O)c2ccc(F)cc2)CCNCC1. The van der Waals surface area contributed by atoms with E-state index in [1.165, 1.54) is 12.1 Å². The van der Waals surface area contributed by atoms with Crippen molar-refractivity contribution in [3.05, 3.63) is 35.6 Å². The van der Waals surface area contributed by atoms with Gasteiger partial charge < -0.3 is 20.5 Å². The Kier molecular flexibility index (Phi) is 6.71. The van der Waals surface area contributed by atoms with E-state index in [0.29, 0.717) is 18.6 Å². The zero-order chi connectivity index (χ0) is 17.6. The molecular formula is C18H27FN2O3. The molecule has 1 heterocycles. The van der Waals surface area contributed by atoms with Crippen LogP contribution in [0.25, 0.3) is 0 Å². The first-order valence-electron chi connectivity index (χ1n) is 8.41. The zero-order valence-corrected chi connectivity index (χ0v) is 14.3. The first kappa shape index (κ1) is 18.8. The third-order valence-electron chi connectivity index (χ3n) is 4.67. The molecular weight excluding hydrogens is 311 g/mol. The van der Waals surface area contributed by atoms with Crippen molar-refractivity contribution < 1.29 is 19.0 Å². The molecule has 0 saturated carbocycles. The summed E-state index contributed by atoms with van der Waals surface area (Å²) in [6.45, 7) is 3.85. The van der Waals surface area contributed by atoms with E-state index in [1.807, 2.05) is 6.92 Å². The fourth-order valence-corrected chi connectivity index (χ4v) is 3.21. The molecule has 3 N–H and O–H groups in total. The molecule has 0 radical (unpaired) electrons. The third-order valence-corrected chi connectivity index (χ3v) is 4.67. The third kappa shape index (κ3) is 4.75. The Bertz CT molecular complexity index is 524. The summed E-state index contributed by atoms with van der Waals surface area (Å²) in [5.74, 6) is -0.357. The van der Waals surface area contributed by atoms with E-state index in [-0.39, 0.29) is 17.8 Å². The molecule has 5 nitrogen and oxygen atoms in total. The number of methoxy groups -OCH3 is 1. The number of nitrogens with one attached hydrogen (secondary N) is 2. The smallest absolute Gasteiger partial charge is 0.228 e. The number of halogens is 1. The Labute approximate surface area is 142 Å².